The first-order valence-electron chi connectivity index (χ1n) is 8.39. The van der Waals surface area contributed by atoms with Crippen molar-refractivity contribution in [2.24, 2.45) is 5.41 Å². The Balaban J connectivity index is 1.82. The van der Waals surface area contributed by atoms with Crippen molar-refractivity contribution >= 4 is 23.6 Å². The van der Waals surface area contributed by atoms with E-state index < -0.39 is 11.4 Å². The fraction of sp³-hybridized carbons (Fsp3) is 0.300. The Hall–Kier alpha value is -2.31. The van der Waals surface area contributed by atoms with Crippen LogP contribution in [0.3, 0.4) is 0 Å². The highest BCUT2D eigenvalue weighted by molar-refractivity contribution is 7.99. The largest absolute Gasteiger partial charge is 0.481 e. The molecule has 1 aliphatic heterocycles. The van der Waals surface area contributed by atoms with Crippen molar-refractivity contribution in [3.8, 4) is 0 Å². The Morgan fingerprint density at radius 2 is 1.85 bits per heavy atom. The Morgan fingerprint density at radius 3 is 2.54 bits per heavy atom. The lowest BCUT2D eigenvalue weighted by molar-refractivity contribution is -0.151. The summed E-state index contributed by atoms with van der Waals surface area (Å²) < 4.78 is 5.10. The molecule has 26 heavy (non-hydrogen) atoms. The molecule has 0 aromatic heterocycles. The van der Waals surface area contributed by atoms with Gasteiger partial charge in [0.25, 0.3) is 5.91 Å². The van der Waals surface area contributed by atoms with Crippen LogP contribution in [0.5, 0.6) is 0 Å². The zero-order valence-corrected chi connectivity index (χ0v) is 15.4. The van der Waals surface area contributed by atoms with Gasteiger partial charge in [-0.3, -0.25) is 9.59 Å². The second kappa shape index (κ2) is 7.93. The van der Waals surface area contributed by atoms with Crippen LogP contribution in [-0.4, -0.2) is 48.7 Å². The van der Waals surface area contributed by atoms with Crippen molar-refractivity contribution in [2.45, 2.75) is 16.2 Å². The van der Waals surface area contributed by atoms with Gasteiger partial charge < -0.3 is 14.7 Å². The lowest BCUT2D eigenvalue weighted by atomic mass is 9.88. The van der Waals surface area contributed by atoms with Gasteiger partial charge in [-0.2, -0.15) is 0 Å². The lowest BCUT2D eigenvalue weighted by Crippen LogP contribution is -2.40. The van der Waals surface area contributed by atoms with Gasteiger partial charge in [0, 0.05) is 30.0 Å². The molecule has 136 valence electrons. The number of nitrogens with zero attached hydrogens (tertiary/aromatic N) is 1. The fourth-order valence-corrected chi connectivity index (χ4v) is 4.15. The molecule has 1 atom stereocenters. The van der Waals surface area contributed by atoms with Crippen LogP contribution in [0, 0.1) is 5.41 Å². The Morgan fingerprint density at radius 1 is 1.15 bits per heavy atom. The van der Waals surface area contributed by atoms with Crippen LogP contribution in [0.4, 0.5) is 0 Å². The molecular formula is C20H21NO4S. The number of carbonyl (C=O) groups is 2. The van der Waals surface area contributed by atoms with Gasteiger partial charge in [0.2, 0.25) is 0 Å². The number of aliphatic carboxylic acids is 1. The lowest BCUT2D eigenvalue weighted by Gasteiger charge is -2.24. The quantitative estimate of drug-likeness (QED) is 0.843. The molecular weight excluding hydrogens is 350 g/mol. The molecule has 1 heterocycles. The molecule has 2 aromatic rings. The minimum Gasteiger partial charge on any atom is -0.481 e. The Labute approximate surface area is 157 Å². The summed E-state index contributed by atoms with van der Waals surface area (Å²) in [5, 5.41) is 9.59. The number of benzene rings is 2. The smallest absolute Gasteiger partial charge is 0.313 e. The third-order valence-electron chi connectivity index (χ3n) is 4.60. The highest BCUT2D eigenvalue weighted by atomic mass is 32.2. The fourth-order valence-electron chi connectivity index (χ4n) is 3.19. The predicted molar refractivity (Wildman–Crippen MR) is 99.5 cm³/mol. The molecule has 3 rings (SSSR count). The summed E-state index contributed by atoms with van der Waals surface area (Å²) in [5.74, 6) is -1.05. The maximum atomic E-state index is 13.1. The van der Waals surface area contributed by atoms with E-state index in [1.165, 1.54) is 18.9 Å². The highest BCUT2D eigenvalue weighted by Crippen LogP contribution is 2.35. The highest BCUT2D eigenvalue weighted by Gasteiger charge is 2.46. The minimum atomic E-state index is -1.02. The van der Waals surface area contributed by atoms with Gasteiger partial charge in [0.05, 0.1) is 12.2 Å². The third kappa shape index (κ3) is 3.76. The molecule has 1 N–H and O–H groups in total. The number of hydrogen-bond acceptors (Lipinski definition) is 4. The molecule has 1 aliphatic rings. The molecule has 2 aromatic carbocycles. The van der Waals surface area contributed by atoms with Crippen LogP contribution in [0.1, 0.15) is 16.8 Å². The summed E-state index contributed by atoms with van der Waals surface area (Å²) in [4.78, 5) is 28.3. The number of likely N-dealkylation sites (tertiary alicyclic amines) is 1. The van der Waals surface area contributed by atoms with Crippen molar-refractivity contribution in [1.82, 2.24) is 4.90 Å². The summed E-state index contributed by atoms with van der Waals surface area (Å²) in [6.07, 6.45) is 0.399. The second-order valence-corrected chi connectivity index (χ2v) is 7.52. The summed E-state index contributed by atoms with van der Waals surface area (Å²) in [5.41, 5.74) is -0.425. The van der Waals surface area contributed by atoms with Gasteiger partial charge in [0.15, 0.2) is 0 Å². The van der Waals surface area contributed by atoms with E-state index in [0.717, 1.165) is 9.79 Å². The van der Waals surface area contributed by atoms with E-state index in [1.54, 1.807) is 11.0 Å². The van der Waals surface area contributed by atoms with Crippen LogP contribution in [0.2, 0.25) is 0 Å². The number of carboxylic acid groups (broad SMARTS) is 1. The van der Waals surface area contributed by atoms with Crippen LogP contribution >= 0.6 is 11.8 Å². The number of methoxy groups -OCH3 is 1. The number of hydrogen-bond donors (Lipinski definition) is 1. The van der Waals surface area contributed by atoms with Crippen molar-refractivity contribution in [3.63, 3.8) is 0 Å². The van der Waals surface area contributed by atoms with E-state index in [2.05, 4.69) is 0 Å². The monoisotopic (exact) mass is 371 g/mol. The van der Waals surface area contributed by atoms with Gasteiger partial charge in [-0.05, 0) is 30.7 Å². The summed E-state index contributed by atoms with van der Waals surface area (Å²) in [7, 11) is 1.49. The van der Waals surface area contributed by atoms with Crippen LogP contribution in [0.25, 0.3) is 0 Å². The number of amides is 1. The summed E-state index contributed by atoms with van der Waals surface area (Å²) in [6.45, 7) is 0.685. The zero-order chi connectivity index (χ0) is 18.6. The normalized spacial score (nSPS) is 19.5. The van der Waals surface area contributed by atoms with Gasteiger partial charge in [-0.15, -0.1) is 0 Å². The van der Waals surface area contributed by atoms with Crippen LogP contribution in [-0.2, 0) is 9.53 Å². The molecule has 1 amide bonds. The topological polar surface area (TPSA) is 66.8 Å². The van der Waals surface area contributed by atoms with Crippen molar-refractivity contribution in [3.05, 3.63) is 60.2 Å². The predicted octanol–water partition coefficient (Wildman–Crippen LogP) is 3.40. The minimum absolute atomic E-state index is 0.104. The van der Waals surface area contributed by atoms with Gasteiger partial charge in [-0.1, -0.05) is 42.1 Å². The van der Waals surface area contributed by atoms with Crippen molar-refractivity contribution in [2.75, 3.05) is 26.8 Å². The molecule has 1 fully saturated rings. The van der Waals surface area contributed by atoms with E-state index in [-0.39, 0.29) is 19.1 Å². The van der Waals surface area contributed by atoms with E-state index in [1.807, 2.05) is 48.5 Å². The number of rotatable bonds is 6. The zero-order valence-electron chi connectivity index (χ0n) is 14.6. The maximum Gasteiger partial charge on any atom is 0.313 e. The van der Waals surface area contributed by atoms with Crippen LogP contribution < -0.4 is 0 Å². The molecule has 0 bridgehead atoms. The molecule has 0 spiro atoms. The Kier molecular flexibility index (Phi) is 5.64. The number of ether oxygens (including phenoxy) is 1. The number of carboxylic acids is 1. The summed E-state index contributed by atoms with van der Waals surface area (Å²) >= 11 is 1.53. The second-order valence-electron chi connectivity index (χ2n) is 6.41. The summed E-state index contributed by atoms with van der Waals surface area (Å²) in [6, 6.07) is 17.3. The van der Waals surface area contributed by atoms with E-state index >= 15 is 0 Å². The third-order valence-corrected chi connectivity index (χ3v) is 5.69. The number of carbonyl (C=O) groups excluding carboxylic acids is 1. The first-order chi connectivity index (χ1) is 12.6. The van der Waals surface area contributed by atoms with E-state index in [9.17, 15) is 14.7 Å². The standard InChI is InChI=1S/C20H21NO4S/c1-25-14-20(19(23)24)11-12-21(13-20)18(22)16-9-5-6-10-17(16)26-15-7-3-2-4-8-15/h2-10H,11-14H2,1H3,(H,23,24). The van der Waals surface area contributed by atoms with Gasteiger partial charge >= 0.3 is 5.97 Å². The molecule has 0 aliphatic carbocycles. The molecule has 5 nitrogen and oxygen atoms in total. The molecule has 0 radical (unpaired) electrons. The van der Waals surface area contributed by atoms with E-state index in [0.29, 0.717) is 18.5 Å². The first-order valence-corrected chi connectivity index (χ1v) is 9.21. The maximum absolute atomic E-state index is 13.1. The molecule has 1 saturated heterocycles. The average Bonchev–Trinajstić information content (AvgIpc) is 3.08. The van der Waals surface area contributed by atoms with Gasteiger partial charge in [-0.25, -0.2) is 0 Å². The van der Waals surface area contributed by atoms with E-state index in [4.69, 9.17) is 4.74 Å². The van der Waals surface area contributed by atoms with Crippen molar-refractivity contribution in [1.29, 1.82) is 0 Å². The molecule has 6 heteroatoms. The first kappa shape index (κ1) is 18.5. The Bertz CT molecular complexity index is 795. The van der Waals surface area contributed by atoms with Crippen molar-refractivity contribution < 1.29 is 19.4 Å². The molecule has 0 saturated carbocycles. The van der Waals surface area contributed by atoms with Gasteiger partial charge in [0.1, 0.15) is 5.41 Å². The molecule has 1 unspecified atom stereocenters. The average molecular weight is 371 g/mol. The SMILES string of the molecule is COCC1(C(=O)O)CCN(C(=O)c2ccccc2Sc2ccccc2)C1. The van der Waals surface area contributed by atoms with Crippen LogP contribution in [0.15, 0.2) is 64.4 Å².